The van der Waals surface area contributed by atoms with E-state index in [0.29, 0.717) is 5.75 Å². The van der Waals surface area contributed by atoms with Crippen molar-refractivity contribution < 1.29 is 9.53 Å². The molecule has 1 aromatic heterocycles. The van der Waals surface area contributed by atoms with Crippen molar-refractivity contribution >= 4 is 43.8 Å². The summed E-state index contributed by atoms with van der Waals surface area (Å²) in [6, 6.07) is 15.7. The minimum atomic E-state index is 0.00755. The van der Waals surface area contributed by atoms with Gasteiger partial charge in [0.2, 0.25) is 5.78 Å². The number of halogens is 1. The number of carbonyl (C=O) groups is 1. The van der Waals surface area contributed by atoms with Crippen molar-refractivity contribution in [1.29, 1.82) is 0 Å². The molecule has 0 fully saturated rings. The van der Waals surface area contributed by atoms with E-state index in [0.717, 1.165) is 25.0 Å². The number of rotatable bonds is 4. The number of aryl methyl sites for hydroxylation is 1. The van der Waals surface area contributed by atoms with Gasteiger partial charge in [-0.05, 0) is 51.8 Å². The van der Waals surface area contributed by atoms with E-state index in [1.165, 1.54) is 11.3 Å². The molecule has 0 unspecified atom stereocenters. The molecule has 0 saturated carbocycles. The van der Waals surface area contributed by atoms with Crippen LogP contribution in [0.5, 0.6) is 5.75 Å². The number of benzene rings is 2. The third kappa shape index (κ3) is 3.01. The standard InChI is InChI=1S/C17H13BrO2S/c1-11-6-9-16(21-11)14(19)10-20-15-8-7-12-4-2-3-5-13(12)17(15)18/h2-9H,10H2,1H3. The summed E-state index contributed by atoms with van der Waals surface area (Å²) in [5.41, 5.74) is 0. The molecule has 0 saturated heterocycles. The number of ether oxygens (including phenoxy) is 1. The van der Waals surface area contributed by atoms with Crippen molar-refractivity contribution in [3.63, 3.8) is 0 Å². The third-order valence-electron chi connectivity index (χ3n) is 3.20. The van der Waals surface area contributed by atoms with Crippen molar-refractivity contribution in [1.82, 2.24) is 0 Å². The summed E-state index contributed by atoms with van der Waals surface area (Å²) < 4.78 is 6.57. The fourth-order valence-corrected chi connectivity index (χ4v) is 3.52. The molecule has 0 spiro atoms. The lowest BCUT2D eigenvalue weighted by atomic mass is 10.1. The van der Waals surface area contributed by atoms with E-state index in [-0.39, 0.29) is 12.4 Å². The van der Waals surface area contributed by atoms with Crippen molar-refractivity contribution in [2.24, 2.45) is 0 Å². The maximum absolute atomic E-state index is 12.1. The summed E-state index contributed by atoms with van der Waals surface area (Å²) in [5.74, 6) is 0.698. The maximum Gasteiger partial charge on any atom is 0.210 e. The highest BCUT2D eigenvalue weighted by atomic mass is 79.9. The van der Waals surface area contributed by atoms with Gasteiger partial charge in [0.05, 0.1) is 9.35 Å². The minimum absolute atomic E-state index is 0.00755. The molecule has 0 radical (unpaired) electrons. The van der Waals surface area contributed by atoms with Crippen LogP contribution >= 0.6 is 27.3 Å². The van der Waals surface area contributed by atoms with E-state index < -0.39 is 0 Å². The summed E-state index contributed by atoms with van der Waals surface area (Å²) in [4.78, 5) is 13.9. The topological polar surface area (TPSA) is 26.3 Å². The minimum Gasteiger partial charge on any atom is -0.484 e. The number of carbonyl (C=O) groups excluding carboxylic acids is 1. The maximum atomic E-state index is 12.1. The van der Waals surface area contributed by atoms with Gasteiger partial charge >= 0.3 is 0 Å². The van der Waals surface area contributed by atoms with Crippen LogP contribution in [-0.2, 0) is 0 Å². The summed E-state index contributed by atoms with van der Waals surface area (Å²) in [5, 5.41) is 2.21. The lowest BCUT2D eigenvalue weighted by Gasteiger charge is -2.09. The molecule has 1 heterocycles. The lowest BCUT2D eigenvalue weighted by molar-refractivity contribution is 0.0925. The molecule has 3 aromatic rings. The van der Waals surface area contributed by atoms with Crippen LogP contribution in [0.4, 0.5) is 0 Å². The Balaban J connectivity index is 1.79. The summed E-state index contributed by atoms with van der Waals surface area (Å²) >= 11 is 5.06. The monoisotopic (exact) mass is 360 g/mol. The van der Waals surface area contributed by atoms with Crippen LogP contribution < -0.4 is 4.74 Å². The normalized spacial score (nSPS) is 10.8. The van der Waals surface area contributed by atoms with Crippen LogP contribution in [0.3, 0.4) is 0 Å². The summed E-state index contributed by atoms with van der Waals surface area (Å²) in [7, 11) is 0. The SMILES string of the molecule is Cc1ccc(C(=O)COc2ccc3ccccc3c2Br)s1. The molecule has 106 valence electrons. The van der Waals surface area contributed by atoms with E-state index in [4.69, 9.17) is 4.74 Å². The highest BCUT2D eigenvalue weighted by molar-refractivity contribution is 9.10. The van der Waals surface area contributed by atoms with Crippen molar-refractivity contribution in [2.45, 2.75) is 6.92 Å². The Bertz CT molecular complexity index is 807. The molecule has 0 bridgehead atoms. The Morgan fingerprint density at radius 2 is 1.95 bits per heavy atom. The zero-order chi connectivity index (χ0) is 14.8. The number of hydrogen-bond donors (Lipinski definition) is 0. The van der Waals surface area contributed by atoms with Gasteiger partial charge in [-0.3, -0.25) is 4.79 Å². The van der Waals surface area contributed by atoms with Crippen LogP contribution in [0.15, 0.2) is 53.0 Å². The molecule has 2 aromatic carbocycles. The van der Waals surface area contributed by atoms with Gasteiger partial charge < -0.3 is 4.74 Å². The highest BCUT2D eigenvalue weighted by Crippen LogP contribution is 2.33. The molecular weight excluding hydrogens is 348 g/mol. The predicted molar refractivity (Wildman–Crippen MR) is 90.5 cm³/mol. The van der Waals surface area contributed by atoms with E-state index in [2.05, 4.69) is 15.9 Å². The van der Waals surface area contributed by atoms with Gasteiger partial charge in [-0.1, -0.05) is 30.3 Å². The van der Waals surface area contributed by atoms with Gasteiger partial charge in [0.25, 0.3) is 0 Å². The predicted octanol–water partition coefficient (Wildman–Crippen LogP) is 5.23. The first kappa shape index (κ1) is 14.3. The Morgan fingerprint density at radius 1 is 1.14 bits per heavy atom. The number of thiophene rings is 1. The quantitative estimate of drug-likeness (QED) is 0.595. The number of fused-ring (bicyclic) bond motifs is 1. The first-order chi connectivity index (χ1) is 10.1. The van der Waals surface area contributed by atoms with Crippen molar-refractivity contribution in [3.8, 4) is 5.75 Å². The molecule has 0 aliphatic heterocycles. The third-order valence-corrected chi connectivity index (χ3v) is 5.06. The van der Waals surface area contributed by atoms with Gasteiger partial charge in [0.1, 0.15) is 5.75 Å². The van der Waals surface area contributed by atoms with Crippen molar-refractivity contribution in [3.05, 3.63) is 62.8 Å². The highest BCUT2D eigenvalue weighted by Gasteiger charge is 2.11. The number of ketones is 1. The average molecular weight is 361 g/mol. The molecule has 0 amide bonds. The molecule has 4 heteroatoms. The fourth-order valence-electron chi connectivity index (χ4n) is 2.12. The number of Topliss-reactive ketones (excluding diaryl/α,β-unsaturated/α-hetero) is 1. The molecule has 2 nitrogen and oxygen atoms in total. The fraction of sp³-hybridized carbons (Fsp3) is 0.118. The lowest BCUT2D eigenvalue weighted by Crippen LogP contribution is -2.10. The Morgan fingerprint density at radius 3 is 2.71 bits per heavy atom. The smallest absolute Gasteiger partial charge is 0.210 e. The first-order valence-electron chi connectivity index (χ1n) is 6.55. The Labute approximate surface area is 135 Å². The van der Waals surface area contributed by atoms with Gasteiger partial charge in [-0.25, -0.2) is 0 Å². The second-order valence-electron chi connectivity index (χ2n) is 4.72. The molecule has 0 aliphatic rings. The van der Waals surface area contributed by atoms with Gasteiger partial charge in [-0.15, -0.1) is 11.3 Å². The second kappa shape index (κ2) is 6.00. The molecule has 21 heavy (non-hydrogen) atoms. The zero-order valence-corrected chi connectivity index (χ0v) is 13.8. The Kier molecular flexibility index (Phi) is 4.08. The van der Waals surface area contributed by atoms with Crippen LogP contribution in [-0.4, -0.2) is 12.4 Å². The van der Waals surface area contributed by atoms with E-state index in [1.54, 1.807) is 0 Å². The summed E-state index contributed by atoms with van der Waals surface area (Å²) in [6.45, 7) is 2.04. The van der Waals surface area contributed by atoms with Crippen molar-refractivity contribution in [2.75, 3.05) is 6.61 Å². The average Bonchev–Trinajstić information content (AvgIpc) is 2.93. The van der Waals surface area contributed by atoms with Crippen LogP contribution in [0, 0.1) is 6.92 Å². The van der Waals surface area contributed by atoms with E-state index >= 15 is 0 Å². The number of hydrogen-bond acceptors (Lipinski definition) is 3. The van der Waals surface area contributed by atoms with Gasteiger partial charge in [-0.2, -0.15) is 0 Å². The van der Waals surface area contributed by atoms with Crippen LogP contribution in [0.25, 0.3) is 10.8 Å². The molecule has 0 atom stereocenters. The summed E-state index contributed by atoms with van der Waals surface area (Å²) in [6.07, 6.45) is 0. The molecular formula is C17H13BrO2S. The van der Waals surface area contributed by atoms with Crippen LogP contribution in [0.2, 0.25) is 0 Å². The Hall–Kier alpha value is -1.65. The van der Waals surface area contributed by atoms with Crippen LogP contribution in [0.1, 0.15) is 14.5 Å². The van der Waals surface area contributed by atoms with E-state index in [9.17, 15) is 4.79 Å². The largest absolute Gasteiger partial charge is 0.484 e. The second-order valence-corrected chi connectivity index (χ2v) is 6.80. The molecule has 3 rings (SSSR count). The van der Waals surface area contributed by atoms with E-state index in [1.807, 2.05) is 55.5 Å². The van der Waals surface area contributed by atoms with Gasteiger partial charge in [0.15, 0.2) is 6.61 Å². The zero-order valence-electron chi connectivity index (χ0n) is 11.4. The molecule has 0 aliphatic carbocycles. The first-order valence-corrected chi connectivity index (χ1v) is 8.16. The molecule has 0 N–H and O–H groups in total. The van der Waals surface area contributed by atoms with Gasteiger partial charge in [0, 0.05) is 4.88 Å².